The summed E-state index contributed by atoms with van der Waals surface area (Å²) < 4.78 is 0. The van der Waals surface area contributed by atoms with Crippen molar-refractivity contribution in [2.24, 2.45) is 5.92 Å². The van der Waals surface area contributed by atoms with Gasteiger partial charge in [0.1, 0.15) is 0 Å². The predicted molar refractivity (Wildman–Crippen MR) is 74.6 cm³/mol. The summed E-state index contributed by atoms with van der Waals surface area (Å²) in [6, 6.07) is 11.0. The number of carbonyl (C=O) groups is 1. The van der Waals surface area contributed by atoms with E-state index in [0.717, 1.165) is 6.42 Å². The first-order valence-electron chi connectivity index (χ1n) is 6.73. The van der Waals surface area contributed by atoms with Gasteiger partial charge in [-0.3, -0.25) is 4.79 Å². The molecular weight excluding hydrogens is 242 g/mol. The highest BCUT2D eigenvalue weighted by molar-refractivity contribution is 8.00. The second-order valence-electron chi connectivity index (χ2n) is 5.36. The van der Waals surface area contributed by atoms with E-state index in [1.54, 1.807) is 0 Å². The first kappa shape index (κ1) is 12.1. The predicted octanol–water partition coefficient (Wildman–Crippen LogP) is 3.18. The van der Waals surface area contributed by atoms with Crippen LogP contribution in [0.4, 0.5) is 0 Å². The van der Waals surface area contributed by atoms with Crippen LogP contribution in [0, 0.1) is 5.92 Å². The molecule has 1 aliphatic carbocycles. The molecule has 1 amide bonds. The van der Waals surface area contributed by atoms with Gasteiger partial charge in [0.2, 0.25) is 5.91 Å². The molecule has 96 valence electrons. The minimum Gasteiger partial charge on any atom is -0.341 e. The van der Waals surface area contributed by atoms with Crippen molar-refractivity contribution in [3.63, 3.8) is 0 Å². The molecule has 2 aliphatic rings. The summed E-state index contributed by atoms with van der Waals surface area (Å²) in [6.45, 7) is 0. The van der Waals surface area contributed by atoms with Gasteiger partial charge in [0.05, 0.1) is 0 Å². The molecule has 3 unspecified atom stereocenters. The molecule has 3 rings (SSSR count). The minimum atomic E-state index is 0.338. The fraction of sp³-hybridized carbons (Fsp3) is 0.533. The van der Waals surface area contributed by atoms with Crippen molar-refractivity contribution in [2.45, 2.75) is 41.9 Å². The highest BCUT2D eigenvalue weighted by Crippen LogP contribution is 2.43. The summed E-state index contributed by atoms with van der Waals surface area (Å²) >= 11 is 1.95. The lowest BCUT2D eigenvalue weighted by Crippen LogP contribution is -2.42. The second-order valence-corrected chi connectivity index (χ2v) is 6.67. The SMILES string of the molecule is CN1C(=O)CC2CCCC(Sc3ccccc3)C21. The molecule has 0 spiro atoms. The maximum atomic E-state index is 11.9. The van der Waals surface area contributed by atoms with Gasteiger partial charge in [-0.2, -0.15) is 0 Å². The standard InChI is InChI=1S/C15H19NOS/c1-16-14(17)10-11-6-5-9-13(15(11)16)18-12-7-3-2-4-8-12/h2-4,7-8,11,13,15H,5-6,9-10H2,1H3. The van der Waals surface area contributed by atoms with E-state index >= 15 is 0 Å². The second kappa shape index (κ2) is 4.96. The molecule has 1 heterocycles. The van der Waals surface area contributed by atoms with Crippen molar-refractivity contribution in [3.05, 3.63) is 30.3 Å². The number of amides is 1. The number of hydrogen-bond acceptors (Lipinski definition) is 2. The van der Waals surface area contributed by atoms with Gasteiger partial charge in [-0.1, -0.05) is 24.6 Å². The van der Waals surface area contributed by atoms with Crippen LogP contribution < -0.4 is 0 Å². The number of thioether (sulfide) groups is 1. The van der Waals surface area contributed by atoms with E-state index in [-0.39, 0.29) is 0 Å². The van der Waals surface area contributed by atoms with Gasteiger partial charge in [0.25, 0.3) is 0 Å². The molecule has 2 nitrogen and oxygen atoms in total. The maximum absolute atomic E-state index is 11.9. The lowest BCUT2D eigenvalue weighted by molar-refractivity contribution is -0.127. The zero-order valence-corrected chi connectivity index (χ0v) is 11.5. The zero-order chi connectivity index (χ0) is 12.5. The Labute approximate surface area is 113 Å². The Balaban J connectivity index is 1.77. The Bertz CT molecular complexity index is 433. The van der Waals surface area contributed by atoms with E-state index in [2.05, 4.69) is 30.3 Å². The summed E-state index contributed by atoms with van der Waals surface area (Å²) in [6.07, 6.45) is 4.50. The molecular formula is C15H19NOS. The molecule has 1 saturated carbocycles. The van der Waals surface area contributed by atoms with Gasteiger partial charge in [-0.15, -0.1) is 11.8 Å². The molecule has 0 N–H and O–H groups in total. The Hall–Kier alpha value is -0.960. The van der Waals surface area contributed by atoms with Crippen LogP contribution in [0.5, 0.6) is 0 Å². The van der Waals surface area contributed by atoms with Gasteiger partial charge in [0, 0.05) is 29.7 Å². The van der Waals surface area contributed by atoms with Crippen LogP contribution in [0.3, 0.4) is 0 Å². The van der Waals surface area contributed by atoms with E-state index in [0.29, 0.717) is 23.1 Å². The van der Waals surface area contributed by atoms with Crippen molar-refractivity contribution >= 4 is 17.7 Å². The van der Waals surface area contributed by atoms with Crippen molar-refractivity contribution < 1.29 is 4.79 Å². The largest absolute Gasteiger partial charge is 0.341 e. The Morgan fingerprint density at radius 1 is 1.22 bits per heavy atom. The molecule has 18 heavy (non-hydrogen) atoms. The van der Waals surface area contributed by atoms with Crippen molar-refractivity contribution in [1.29, 1.82) is 0 Å². The molecule has 1 aromatic rings. The third-order valence-corrected chi connectivity index (χ3v) is 5.60. The summed E-state index contributed by atoms with van der Waals surface area (Å²) in [4.78, 5) is 15.2. The first-order chi connectivity index (χ1) is 8.75. The summed E-state index contributed by atoms with van der Waals surface area (Å²) in [5.74, 6) is 0.933. The average molecular weight is 261 g/mol. The van der Waals surface area contributed by atoms with Crippen molar-refractivity contribution in [1.82, 2.24) is 4.90 Å². The number of rotatable bonds is 2. The van der Waals surface area contributed by atoms with Crippen LogP contribution in [-0.4, -0.2) is 29.1 Å². The number of carbonyl (C=O) groups excluding carboxylic acids is 1. The topological polar surface area (TPSA) is 20.3 Å². The molecule has 1 aromatic carbocycles. The van der Waals surface area contributed by atoms with Crippen LogP contribution >= 0.6 is 11.8 Å². The normalized spacial score (nSPS) is 31.5. The number of hydrogen-bond donors (Lipinski definition) is 0. The summed E-state index contributed by atoms with van der Waals surface area (Å²) in [5.41, 5.74) is 0. The quantitative estimate of drug-likeness (QED) is 0.815. The Morgan fingerprint density at radius 2 is 2.00 bits per heavy atom. The van der Waals surface area contributed by atoms with Crippen LogP contribution in [-0.2, 0) is 4.79 Å². The first-order valence-corrected chi connectivity index (χ1v) is 7.61. The monoisotopic (exact) mass is 261 g/mol. The molecule has 3 atom stereocenters. The van der Waals surface area contributed by atoms with Crippen LogP contribution in [0.15, 0.2) is 35.2 Å². The lowest BCUT2D eigenvalue weighted by Gasteiger charge is -2.36. The van der Waals surface area contributed by atoms with Crippen LogP contribution in [0.25, 0.3) is 0 Å². The van der Waals surface area contributed by atoms with Crippen LogP contribution in [0.1, 0.15) is 25.7 Å². The van der Waals surface area contributed by atoms with Gasteiger partial charge in [0.15, 0.2) is 0 Å². The third kappa shape index (κ3) is 2.16. The molecule has 3 heteroatoms. The number of benzene rings is 1. The minimum absolute atomic E-state index is 0.338. The molecule has 1 aliphatic heterocycles. The van der Waals surface area contributed by atoms with Gasteiger partial charge >= 0.3 is 0 Å². The van der Waals surface area contributed by atoms with Crippen molar-refractivity contribution in [2.75, 3.05) is 7.05 Å². The zero-order valence-electron chi connectivity index (χ0n) is 10.7. The number of fused-ring (bicyclic) bond motifs is 1. The molecule has 0 bridgehead atoms. The maximum Gasteiger partial charge on any atom is 0.222 e. The van der Waals surface area contributed by atoms with E-state index < -0.39 is 0 Å². The molecule has 2 fully saturated rings. The number of nitrogens with zero attached hydrogens (tertiary/aromatic N) is 1. The van der Waals surface area contributed by atoms with E-state index in [1.807, 2.05) is 23.7 Å². The van der Waals surface area contributed by atoms with Crippen molar-refractivity contribution in [3.8, 4) is 0 Å². The highest BCUT2D eigenvalue weighted by Gasteiger charge is 2.44. The number of likely N-dealkylation sites (tertiary alicyclic amines) is 1. The van der Waals surface area contributed by atoms with E-state index in [4.69, 9.17) is 0 Å². The Morgan fingerprint density at radius 3 is 2.78 bits per heavy atom. The van der Waals surface area contributed by atoms with Gasteiger partial charge in [-0.25, -0.2) is 0 Å². The Kier molecular flexibility index (Phi) is 3.33. The summed E-state index contributed by atoms with van der Waals surface area (Å²) in [7, 11) is 1.98. The molecule has 1 saturated heterocycles. The van der Waals surface area contributed by atoms with Crippen LogP contribution in [0.2, 0.25) is 0 Å². The summed E-state index contributed by atoms with van der Waals surface area (Å²) in [5, 5.41) is 0.572. The highest BCUT2D eigenvalue weighted by atomic mass is 32.2. The average Bonchev–Trinajstić information content (AvgIpc) is 2.67. The fourth-order valence-corrected chi connectivity index (χ4v) is 4.84. The molecule has 0 aromatic heterocycles. The smallest absolute Gasteiger partial charge is 0.222 e. The van der Waals surface area contributed by atoms with E-state index in [1.165, 1.54) is 24.2 Å². The molecule has 0 radical (unpaired) electrons. The van der Waals surface area contributed by atoms with Gasteiger partial charge in [-0.05, 0) is 30.9 Å². The fourth-order valence-electron chi connectivity index (χ4n) is 3.35. The van der Waals surface area contributed by atoms with Gasteiger partial charge < -0.3 is 4.90 Å². The van der Waals surface area contributed by atoms with E-state index in [9.17, 15) is 4.79 Å². The lowest BCUT2D eigenvalue weighted by atomic mass is 9.85. The third-order valence-electron chi connectivity index (χ3n) is 4.24.